The Morgan fingerprint density at radius 2 is 1.93 bits per heavy atom. The second kappa shape index (κ2) is 9.85. The van der Waals surface area contributed by atoms with Crippen molar-refractivity contribution in [3.05, 3.63) is 23.8 Å². The van der Waals surface area contributed by atoms with Crippen molar-refractivity contribution >= 4 is 23.6 Å². The van der Waals surface area contributed by atoms with Crippen molar-refractivity contribution < 1.29 is 23.8 Å². The van der Waals surface area contributed by atoms with E-state index in [9.17, 15) is 9.59 Å². The molecule has 0 aliphatic carbocycles. The van der Waals surface area contributed by atoms with Gasteiger partial charge in [0.2, 0.25) is 11.8 Å². The second-order valence-electron chi connectivity index (χ2n) is 6.50. The van der Waals surface area contributed by atoms with Crippen molar-refractivity contribution in [2.75, 3.05) is 40.2 Å². The first kappa shape index (κ1) is 21.4. The van der Waals surface area contributed by atoms with Crippen LogP contribution in [0.1, 0.15) is 24.8 Å². The lowest BCUT2D eigenvalue weighted by atomic mass is 10.1. The summed E-state index contributed by atoms with van der Waals surface area (Å²) in [6.07, 6.45) is 0. The van der Waals surface area contributed by atoms with Gasteiger partial charge in [-0.05, 0) is 17.7 Å². The highest BCUT2D eigenvalue weighted by Crippen LogP contribution is 2.44. The number of hydrogen-bond acceptors (Lipinski definition) is 6. The van der Waals surface area contributed by atoms with Gasteiger partial charge in [-0.15, -0.1) is 11.8 Å². The predicted molar refractivity (Wildman–Crippen MR) is 105 cm³/mol. The van der Waals surface area contributed by atoms with E-state index < -0.39 is 6.04 Å². The van der Waals surface area contributed by atoms with E-state index in [-0.39, 0.29) is 23.1 Å². The van der Waals surface area contributed by atoms with Gasteiger partial charge in [-0.3, -0.25) is 9.59 Å². The minimum atomic E-state index is -0.514. The van der Waals surface area contributed by atoms with Crippen molar-refractivity contribution in [3.8, 4) is 11.5 Å². The molecule has 8 heteroatoms. The molecule has 1 N–H and O–H groups in total. The highest BCUT2D eigenvalue weighted by Gasteiger charge is 2.42. The van der Waals surface area contributed by atoms with Gasteiger partial charge < -0.3 is 24.4 Å². The lowest BCUT2D eigenvalue weighted by Gasteiger charge is -2.30. The number of ether oxygens (including phenoxy) is 3. The first-order valence-electron chi connectivity index (χ1n) is 8.86. The number of carbonyl (C=O) groups excluding carboxylic acids is 2. The minimum Gasteiger partial charge on any atom is -0.493 e. The molecule has 7 nitrogen and oxygen atoms in total. The van der Waals surface area contributed by atoms with Crippen LogP contribution in [-0.2, 0) is 14.3 Å². The van der Waals surface area contributed by atoms with Crippen LogP contribution in [0.4, 0.5) is 0 Å². The molecule has 1 saturated heterocycles. The van der Waals surface area contributed by atoms with Crippen LogP contribution in [0.5, 0.6) is 11.5 Å². The summed E-state index contributed by atoms with van der Waals surface area (Å²) in [5.41, 5.74) is 0.902. The maximum absolute atomic E-state index is 12.9. The van der Waals surface area contributed by atoms with Gasteiger partial charge in [0.1, 0.15) is 11.4 Å². The maximum Gasteiger partial charge on any atom is 0.243 e. The molecule has 0 aromatic heterocycles. The Bertz CT molecular complexity index is 668. The smallest absolute Gasteiger partial charge is 0.243 e. The lowest BCUT2D eigenvalue weighted by Crippen LogP contribution is -2.49. The van der Waals surface area contributed by atoms with Gasteiger partial charge >= 0.3 is 0 Å². The molecule has 1 aromatic carbocycles. The molecule has 2 atom stereocenters. The summed E-state index contributed by atoms with van der Waals surface area (Å²) >= 11 is 1.57. The van der Waals surface area contributed by atoms with E-state index in [4.69, 9.17) is 14.2 Å². The van der Waals surface area contributed by atoms with Gasteiger partial charge in [0, 0.05) is 25.3 Å². The zero-order chi connectivity index (χ0) is 20.0. The van der Waals surface area contributed by atoms with Gasteiger partial charge in [-0.25, -0.2) is 0 Å². The highest BCUT2D eigenvalue weighted by atomic mass is 32.2. The average molecular weight is 397 g/mol. The lowest BCUT2D eigenvalue weighted by molar-refractivity contribution is -0.142. The van der Waals surface area contributed by atoms with Crippen molar-refractivity contribution in [1.29, 1.82) is 0 Å². The second-order valence-corrected chi connectivity index (χ2v) is 7.61. The number of methoxy groups -OCH3 is 3. The Hall–Kier alpha value is -1.93. The number of nitrogens with one attached hydrogen (secondary N) is 1. The van der Waals surface area contributed by atoms with E-state index in [2.05, 4.69) is 5.32 Å². The Balaban J connectivity index is 2.30. The largest absolute Gasteiger partial charge is 0.493 e. The number of nitrogens with zero attached hydrogens (tertiary/aromatic N) is 1. The molecule has 0 radical (unpaired) electrons. The van der Waals surface area contributed by atoms with E-state index in [0.29, 0.717) is 30.4 Å². The number of rotatable bonds is 8. The molecule has 0 saturated carbocycles. The Kier molecular flexibility index (Phi) is 7.79. The summed E-state index contributed by atoms with van der Waals surface area (Å²) in [4.78, 5) is 27.2. The highest BCUT2D eigenvalue weighted by molar-refractivity contribution is 7.99. The fourth-order valence-electron chi connectivity index (χ4n) is 2.93. The molecule has 27 heavy (non-hydrogen) atoms. The maximum atomic E-state index is 12.9. The zero-order valence-corrected chi connectivity index (χ0v) is 17.3. The fourth-order valence-corrected chi connectivity index (χ4v) is 4.36. The standard InChI is InChI=1S/C19H28N2O5S/c1-12(2)18(23)21-14(17(22)20-8-9-24-3)11-27-19(21)13-6-7-15(25-4)16(10-13)26-5/h6-7,10,12,14,19H,8-9,11H2,1-5H3,(H,20,22)/t14-,19-/m0/s1. The Labute approximate surface area is 164 Å². The van der Waals surface area contributed by atoms with Crippen LogP contribution in [0.3, 0.4) is 0 Å². The van der Waals surface area contributed by atoms with Crippen molar-refractivity contribution in [3.63, 3.8) is 0 Å². The number of thioether (sulfide) groups is 1. The molecule has 1 fully saturated rings. The summed E-state index contributed by atoms with van der Waals surface area (Å²) < 4.78 is 15.7. The summed E-state index contributed by atoms with van der Waals surface area (Å²) in [5, 5.41) is 2.59. The molecule has 0 bridgehead atoms. The molecule has 2 rings (SSSR count). The van der Waals surface area contributed by atoms with E-state index in [1.807, 2.05) is 32.0 Å². The molecule has 0 spiro atoms. The van der Waals surface area contributed by atoms with Gasteiger partial charge in [0.05, 0.1) is 20.8 Å². The molecule has 150 valence electrons. The molecule has 0 unspecified atom stereocenters. The quantitative estimate of drug-likeness (QED) is 0.678. The van der Waals surface area contributed by atoms with Crippen LogP contribution < -0.4 is 14.8 Å². The van der Waals surface area contributed by atoms with Gasteiger partial charge in [-0.1, -0.05) is 19.9 Å². The Morgan fingerprint density at radius 3 is 2.52 bits per heavy atom. The molecule has 1 heterocycles. The first-order chi connectivity index (χ1) is 12.9. The van der Waals surface area contributed by atoms with E-state index in [0.717, 1.165) is 5.56 Å². The Morgan fingerprint density at radius 1 is 1.22 bits per heavy atom. The van der Waals surface area contributed by atoms with E-state index in [1.165, 1.54) is 0 Å². The average Bonchev–Trinajstić information content (AvgIpc) is 3.11. The number of hydrogen-bond donors (Lipinski definition) is 1. The normalized spacial score (nSPS) is 19.3. The number of carbonyl (C=O) groups is 2. The topological polar surface area (TPSA) is 77.1 Å². The molecule has 1 aliphatic heterocycles. The van der Waals surface area contributed by atoms with Crippen molar-refractivity contribution in [2.24, 2.45) is 5.92 Å². The van der Waals surface area contributed by atoms with Crippen LogP contribution in [0.2, 0.25) is 0 Å². The van der Waals surface area contributed by atoms with Crippen LogP contribution in [0.25, 0.3) is 0 Å². The van der Waals surface area contributed by atoms with Crippen molar-refractivity contribution in [1.82, 2.24) is 10.2 Å². The predicted octanol–water partition coefficient (Wildman–Crippen LogP) is 2.06. The third-order valence-corrected chi connectivity index (χ3v) is 5.67. The van der Waals surface area contributed by atoms with Crippen LogP contribution in [0, 0.1) is 5.92 Å². The van der Waals surface area contributed by atoms with E-state index >= 15 is 0 Å². The number of benzene rings is 1. The SMILES string of the molecule is COCCNC(=O)[C@@H]1CS[C@@H](c2ccc(OC)c(OC)c2)N1C(=O)C(C)C. The van der Waals surface area contributed by atoms with Gasteiger partial charge in [0.25, 0.3) is 0 Å². The monoisotopic (exact) mass is 396 g/mol. The zero-order valence-electron chi connectivity index (χ0n) is 16.5. The summed E-state index contributed by atoms with van der Waals surface area (Å²) in [5.74, 6) is 1.35. The van der Waals surface area contributed by atoms with Gasteiger partial charge in [0.15, 0.2) is 11.5 Å². The summed E-state index contributed by atoms with van der Waals surface area (Å²) in [6, 6.07) is 5.08. The summed E-state index contributed by atoms with van der Waals surface area (Å²) in [6.45, 7) is 4.54. The third-order valence-electron chi connectivity index (χ3n) is 4.35. The van der Waals surface area contributed by atoms with E-state index in [1.54, 1.807) is 38.0 Å². The molecule has 1 aliphatic rings. The van der Waals surface area contributed by atoms with Crippen molar-refractivity contribution in [2.45, 2.75) is 25.3 Å². The molecule has 1 aromatic rings. The molecular formula is C19H28N2O5S. The minimum absolute atomic E-state index is 0.0494. The van der Waals surface area contributed by atoms with Crippen LogP contribution in [0.15, 0.2) is 18.2 Å². The third kappa shape index (κ3) is 4.87. The molecular weight excluding hydrogens is 368 g/mol. The van der Waals surface area contributed by atoms with Crippen LogP contribution in [-0.4, -0.2) is 63.0 Å². The molecule has 2 amide bonds. The van der Waals surface area contributed by atoms with Gasteiger partial charge in [-0.2, -0.15) is 0 Å². The number of amides is 2. The fraction of sp³-hybridized carbons (Fsp3) is 0.579. The summed E-state index contributed by atoms with van der Waals surface area (Å²) in [7, 11) is 4.74. The first-order valence-corrected chi connectivity index (χ1v) is 9.91. The van der Waals surface area contributed by atoms with Crippen LogP contribution >= 0.6 is 11.8 Å².